The van der Waals surface area contributed by atoms with Gasteiger partial charge in [0.2, 0.25) is 5.89 Å². The molecule has 5 heteroatoms. The zero-order valence-corrected chi connectivity index (χ0v) is 10.0. The van der Waals surface area contributed by atoms with Crippen molar-refractivity contribution in [3.63, 3.8) is 0 Å². The van der Waals surface area contributed by atoms with E-state index in [-0.39, 0.29) is 5.56 Å². The summed E-state index contributed by atoms with van der Waals surface area (Å²) in [5.41, 5.74) is 0.979. The molecule has 18 heavy (non-hydrogen) atoms. The van der Waals surface area contributed by atoms with E-state index in [0.29, 0.717) is 12.4 Å². The van der Waals surface area contributed by atoms with E-state index in [1.165, 1.54) is 0 Å². The molecule has 2 N–H and O–H groups in total. The van der Waals surface area contributed by atoms with Gasteiger partial charge in [0.05, 0.1) is 18.3 Å². The van der Waals surface area contributed by atoms with Crippen molar-refractivity contribution in [3.05, 3.63) is 47.7 Å². The van der Waals surface area contributed by atoms with Crippen LogP contribution in [0.1, 0.15) is 28.9 Å². The zero-order valence-electron chi connectivity index (χ0n) is 10.0. The number of oxazole rings is 1. The van der Waals surface area contributed by atoms with Gasteiger partial charge in [-0.25, -0.2) is 9.78 Å². The standard InChI is InChI=1S/C13H14N2O3/c1-2-11-7-15-12(18-11)8-14-10-5-3-4-9(6-10)13(16)17/h3-7,14H,2,8H2,1H3,(H,16,17). The Hall–Kier alpha value is -2.30. The van der Waals surface area contributed by atoms with E-state index in [0.717, 1.165) is 17.9 Å². The number of hydrogen-bond donors (Lipinski definition) is 2. The molecule has 0 aliphatic heterocycles. The third-order valence-corrected chi connectivity index (χ3v) is 2.50. The van der Waals surface area contributed by atoms with Crippen LogP contribution in [-0.2, 0) is 13.0 Å². The maximum atomic E-state index is 10.8. The Morgan fingerprint density at radius 3 is 3.00 bits per heavy atom. The van der Waals surface area contributed by atoms with Crippen LogP contribution in [0.5, 0.6) is 0 Å². The van der Waals surface area contributed by atoms with Crippen molar-refractivity contribution in [3.8, 4) is 0 Å². The van der Waals surface area contributed by atoms with Crippen LogP contribution in [0.15, 0.2) is 34.9 Å². The summed E-state index contributed by atoms with van der Waals surface area (Å²) in [6, 6.07) is 6.62. The van der Waals surface area contributed by atoms with Crippen molar-refractivity contribution >= 4 is 11.7 Å². The number of rotatable bonds is 5. The molecule has 5 nitrogen and oxygen atoms in total. The van der Waals surface area contributed by atoms with E-state index in [1.807, 2.05) is 6.92 Å². The fraction of sp³-hybridized carbons (Fsp3) is 0.231. The molecule has 0 unspecified atom stereocenters. The summed E-state index contributed by atoms with van der Waals surface area (Å²) in [7, 11) is 0. The Balaban J connectivity index is 2.01. The lowest BCUT2D eigenvalue weighted by Crippen LogP contribution is -2.02. The van der Waals surface area contributed by atoms with Crippen LogP contribution in [0.3, 0.4) is 0 Å². The van der Waals surface area contributed by atoms with Gasteiger partial charge in [-0.05, 0) is 18.2 Å². The van der Waals surface area contributed by atoms with Gasteiger partial charge in [0.1, 0.15) is 5.76 Å². The van der Waals surface area contributed by atoms with Crippen molar-refractivity contribution in [1.29, 1.82) is 0 Å². The third kappa shape index (κ3) is 2.88. The van der Waals surface area contributed by atoms with Gasteiger partial charge >= 0.3 is 5.97 Å². The van der Waals surface area contributed by atoms with Crippen molar-refractivity contribution in [2.75, 3.05) is 5.32 Å². The van der Waals surface area contributed by atoms with E-state index in [2.05, 4.69) is 10.3 Å². The van der Waals surface area contributed by atoms with Gasteiger partial charge in [0.15, 0.2) is 0 Å². The minimum Gasteiger partial charge on any atom is -0.478 e. The third-order valence-electron chi connectivity index (χ3n) is 2.50. The van der Waals surface area contributed by atoms with Crippen LogP contribution in [-0.4, -0.2) is 16.1 Å². The maximum Gasteiger partial charge on any atom is 0.335 e. The highest BCUT2D eigenvalue weighted by molar-refractivity contribution is 5.88. The first kappa shape index (κ1) is 12.2. The first-order valence-corrected chi connectivity index (χ1v) is 5.70. The Morgan fingerprint density at radius 1 is 1.50 bits per heavy atom. The summed E-state index contributed by atoms with van der Waals surface area (Å²) in [5, 5.41) is 11.9. The molecule has 0 saturated carbocycles. The molecule has 0 aliphatic rings. The highest BCUT2D eigenvalue weighted by Gasteiger charge is 2.05. The first-order valence-electron chi connectivity index (χ1n) is 5.70. The predicted octanol–water partition coefficient (Wildman–Crippen LogP) is 2.55. The van der Waals surface area contributed by atoms with Crippen LogP contribution in [0.4, 0.5) is 5.69 Å². The SMILES string of the molecule is CCc1cnc(CNc2cccc(C(=O)O)c2)o1. The molecule has 0 spiro atoms. The average Bonchev–Trinajstić information content (AvgIpc) is 2.84. The number of anilines is 1. The average molecular weight is 246 g/mol. The first-order chi connectivity index (χ1) is 8.69. The quantitative estimate of drug-likeness (QED) is 0.847. The Morgan fingerprint density at radius 2 is 2.33 bits per heavy atom. The second-order valence-electron chi connectivity index (χ2n) is 3.81. The molecule has 0 aliphatic carbocycles. The molecular weight excluding hydrogens is 232 g/mol. The fourth-order valence-corrected chi connectivity index (χ4v) is 1.53. The van der Waals surface area contributed by atoms with Gasteiger partial charge in [-0.15, -0.1) is 0 Å². The maximum absolute atomic E-state index is 10.8. The van der Waals surface area contributed by atoms with E-state index in [4.69, 9.17) is 9.52 Å². The summed E-state index contributed by atoms with van der Waals surface area (Å²) in [4.78, 5) is 14.9. The lowest BCUT2D eigenvalue weighted by molar-refractivity contribution is 0.0697. The summed E-state index contributed by atoms with van der Waals surface area (Å²) >= 11 is 0. The minimum absolute atomic E-state index is 0.252. The number of carbonyl (C=O) groups is 1. The zero-order chi connectivity index (χ0) is 13.0. The molecule has 2 rings (SSSR count). The largest absolute Gasteiger partial charge is 0.478 e. The molecule has 0 fully saturated rings. The number of aromatic carboxylic acids is 1. The number of aryl methyl sites for hydroxylation is 1. The number of nitrogens with zero attached hydrogens (tertiary/aromatic N) is 1. The van der Waals surface area contributed by atoms with Crippen LogP contribution in [0, 0.1) is 0 Å². The Bertz CT molecular complexity index is 549. The number of hydrogen-bond acceptors (Lipinski definition) is 4. The minimum atomic E-state index is -0.942. The van der Waals surface area contributed by atoms with Gasteiger partial charge in [0.25, 0.3) is 0 Å². The van der Waals surface area contributed by atoms with Crippen molar-refractivity contribution in [2.24, 2.45) is 0 Å². The normalized spacial score (nSPS) is 10.3. The summed E-state index contributed by atoms with van der Waals surface area (Å²) in [6.07, 6.45) is 2.51. The second kappa shape index (κ2) is 5.35. The number of carboxylic acid groups (broad SMARTS) is 1. The molecule has 0 atom stereocenters. The van der Waals surface area contributed by atoms with Gasteiger partial charge in [-0.3, -0.25) is 0 Å². The van der Waals surface area contributed by atoms with Crippen LogP contribution < -0.4 is 5.32 Å². The number of aromatic nitrogens is 1. The molecule has 0 bridgehead atoms. The van der Waals surface area contributed by atoms with Crippen LogP contribution in [0.25, 0.3) is 0 Å². The van der Waals surface area contributed by atoms with Crippen molar-refractivity contribution < 1.29 is 14.3 Å². The van der Waals surface area contributed by atoms with E-state index < -0.39 is 5.97 Å². The highest BCUT2D eigenvalue weighted by atomic mass is 16.4. The van der Waals surface area contributed by atoms with Gasteiger partial charge in [0, 0.05) is 12.1 Å². The van der Waals surface area contributed by atoms with Crippen molar-refractivity contribution in [2.45, 2.75) is 19.9 Å². The molecule has 0 amide bonds. The van der Waals surface area contributed by atoms with E-state index >= 15 is 0 Å². The molecule has 1 aromatic carbocycles. The monoisotopic (exact) mass is 246 g/mol. The molecule has 94 valence electrons. The fourth-order valence-electron chi connectivity index (χ4n) is 1.53. The predicted molar refractivity (Wildman–Crippen MR) is 66.6 cm³/mol. The molecule has 2 aromatic rings. The summed E-state index contributed by atoms with van der Waals surface area (Å²) in [6.45, 7) is 2.43. The van der Waals surface area contributed by atoms with Crippen LogP contribution in [0.2, 0.25) is 0 Å². The van der Waals surface area contributed by atoms with Gasteiger partial charge in [-0.2, -0.15) is 0 Å². The van der Waals surface area contributed by atoms with Gasteiger partial charge in [-0.1, -0.05) is 13.0 Å². The molecular formula is C13H14N2O3. The second-order valence-corrected chi connectivity index (χ2v) is 3.81. The highest BCUT2D eigenvalue weighted by Crippen LogP contribution is 2.12. The van der Waals surface area contributed by atoms with Gasteiger partial charge < -0.3 is 14.8 Å². The van der Waals surface area contributed by atoms with Crippen LogP contribution >= 0.6 is 0 Å². The summed E-state index contributed by atoms with van der Waals surface area (Å²) < 4.78 is 5.44. The number of nitrogens with one attached hydrogen (secondary N) is 1. The topological polar surface area (TPSA) is 75.4 Å². The molecule has 0 radical (unpaired) electrons. The molecule has 1 heterocycles. The van der Waals surface area contributed by atoms with E-state index in [1.54, 1.807) is 30.5 Å². The van der Waals surface area contributed by atoms with E-state index in [9.17, 15) is 4.79 Å². The lowest BCUT2D eigenvalue weighted by atomic mass is 10.2. The lowest BCUT2D eigenvalue weighted by Gasteiger charge is -2.04. The Kier molecular flexibility index (Phi) is 3.62. The molecule has 0 saturated heterocycles. The summed E-state index contributed by atoms with van der Waals surface area (Å²) in [5.74, 6) is 0.488. The Labute approximate surface area is 104 Å². The van der Waals surface area contributed by atoms with Crippen molar-refractivity contribution in [1.82, 2.24) is 4.98 Å². The number of carboxylic acids is 1. The smallest absolute Gasteiger partial charge is 0.335 e. The molecule has 1 aromatic heterocycles. The number of benzene rings is 1.